The molecule has 0 radical (unpaired) electrons. The Morgan fingerprint density at radius 3 is 1.68 bits per heavy atom. The molecule has 0 saturated carbocycles. The first-order valence-electron chi connectivity index (χ1n) is 14.7. The van der Waals surface area contributed by atoms with E-state index in [1.807, 2.05) is 26.0 Å². The second-order valence-electron chi connectivity index (χ2n) is 10.0. The summed E-state index contributed by atoms with van der Waals surface area (Å²) in [6.45, 7) is 20.2. The van der Waals surface area contributed by atoms with Crippen LogP contribution in [0.5, 0.6) is 0 Å². The maximum Gasteiger partial charge on any atom is 0.338 e. The monoisotopic (exact) mass is 676 g/mol. The van der Waals surface area contributed by atoms with Crippen LogP contribution in [-0.4, -0.2) is 40.6 Å². The van der Waals surface area contributed by atoms with Crippen LogP contribution in [0, 0.1) is 17.8 Å². The third-order valence-corrected chi connectivity index (χ3v) is 7.73. The lowest BCUT2D eigenvalue weighted by Crippen LogP contribution is -2.27. The van der Waals surface area contributed by atoms with Gasteiger partial charge < -0.3 is 14.2 Å². The van der Waals surface area contributed by atoms with Gasteiger partial charge in [0.25, 0.3) is 0 Å². The Kier molecular flexibility index (Phi) is 20.1. The van der Waals surface area contributed by atoms with Gasteiger partial charge in [-0.15, -0.1) is 0 Å². The van der Waals surface area contributed by atoms with Gasteiger partial charge in [0.2, 0.25) is 0 Å². The minimum Gasteiger partial charge on any atom is -0.393 e. The van der Waals surface area contributed by atoms with Crippen LogP contribution < -0.4 is 0 Å². The summed E-state index contributed by atoms with van der Waals surface area (Å²) in [7, 11) is 0. The predicted octanol–water partition coefficient (Wildman–Crippen LogP) is 6.98. The maximum absolute atomic E-state index is 11.4. The van der Waals surface area contributed by atoms with Crippen LogP contribution in [0.15, 0.2) is 72.4 Å². The van der Waals surface area contributed by atoms with Crippen molar-refractivity contribution >= 4 is 51.7 Å². The van der Waals surface area contributed by atoms with Gasteiger partial charge in [0.1, 0.15) is 0 Å². The minimum absolute atomic E-state index is 0.141. The molecule has 0 N–H and O–H groups in total. The Balaban J connectivity index is 0.000000546. The van der Waals surface area contributed by atoms with Crippen molar-refractivity contribution in [1.82, 2.24) is 0 Å². The van der Waals surface area contributed by atoms with E-state index in [1.54, 1.807) is 0 Å². The van der Waals surface area contributed by atoms with Crippen molar-refractivity contribution in [2.24, 2.45) is 17.8 Å². The average molecular weight is 678 g/mol. The van der Waals surface area contributed by atoms with Gasteiger partial charge in [-0.1, -0.05) is 105 Å². The first kappa shape index (κ1) is 40.3. The van der Waals surface area contributed by atoms with Gasteiger partial charge in [0.05, 0.1) is 11.8 Å². The summed E-state index contributed by atoms with van der Waals surface area (Å²) in [5.74, 6) is -3.27. The molecule has 9 nitrogen and oxygen atoms in total. The highest BCUT2D eigenvalue weighted by molar-refractivity contribution is 9.09. The fraction of sp³-hybridized carbons (Fsp3) is 0.471. The van der Waals surface area contributed by atoms with Gasteiger partial charge in [-0.2, -0.15) is 0 Å². The van der Waals surface area contributed by atoms with Gasteiger partial charge >= 0.3 is 35.8 Å². The molecule has 3 aliphatic heterocycles. The van der Waals surface area contributed by atoms with E-state index in [0.29, 0.717) is 11.2 Å². The number of cyclic esters (lactones) is 6. The quantitative estimate of drug-likeness (QED) is 0.0700. The molecule has 242 valence electrons. The van der Waals surface area contributed by atoms with Crippen molar-refractivity contribution in [2.45, 2.75) is 84.9 Å². The summed E-state index contributed by atoms with van der Waals surface area (Å²) in [4.78, 5) is 63.0. The summed E-state index contributed by atoms with van der Waals surface area (Å²) in [6.07, 6.45) is 16.7. The molecule has 0 aromatic rings. The summed E-state index contributed by atoms with van der Waals surface area (Å²) in [6, 6.07) is 0. The van der Waals surface area contributed by atoms with Gasteiger partial charge in [-0.25, -0.2) is 19.2 Å². The molecule has 10 heteroatoms. The molecular weight excluding hydrogens is 632 g/mol. The Labute approximate surface area is 269 Å². The van der Waals surface area contributed by atoms with E-state index in [1.165, 1.54) is 29.6 Å². The molecule has 3 heterocycles. The zero-order chi connectivity index (χ0) is 33.8. The van der Waals surface area contributed by atoms with Crippen LogP contribution >= 0.6 is 15.9 Å². The standard InChI is InChI=1S/C11H14O3.C8H15Br.C7H12.2C4H2O3/c1-3-7-4-6(2)9-8(5-7)10(12)14-11(9)13;1-4-6-8(9)7(3)5-2;1-4-6-7(3)5-2;2*5-3-1-2-4(6)7-3/h4,6,8-9H,3,5H2,1-2H3;8H,3-6H2,1-2H3;4,6H,3,5H2,1-2H3;2*1-2H. The number of carbonyl (C=O) groups excluding carboxylic acids is 6. The molecule has 0 spiro atoms. The topological polar surface area (TPSA) is 130 Å². The molecule has 0 bridgehead atoms. The first-order valence-corrected chi connectivity index (χ1v) is 15.6. The minimum atomic E-state index is -0.579. The summed E-state index contributed by atoms with van der Waals surface area (Å²) < 4.78 is 12.6. The summed E-state index contributed by atoms with van der Waals surface area (Å²) in [5.41, 5.74) is 3.78. The smallest absolute Gasteiger partial charge is 0.338 e. The summed E-state index contributed by atoms with van der Waals surface area (Å²) in [5, 5.41) is 0. The van der Waals surface area contributed by atoms with Crippen molar-refractivity contribution in [3.63, 3.8) is 0 Å². The Morgan fingerprint density at radius 1 is 0.864 bits per heavy atom. The zero-order valence-electron chi connectivity index (χ0n) is 26.6. The van der Waals surface area contributed by atoms with Gasteiger partial charge in [0.15, 0.2) is 0 Å². The molecule has 1 saturated heterocycles. The Morgan fingerprint density at radius 2 is 1.36 bits per heavy atom. The molecule has 4 atom stereocenters. The lowest BCUT2D eigenvalue weighted by atomic mass is 9.75. The van der Waals surface area contributed by atoms with Crippen molar-refractivity contribution < 1.29 is 43.0 Å². The van der Waals surface area contributed by atoms with E-state index >= 15 is 0 Å². The van der Waals surface area contributed by atoms with E-state index in [2.05, 4.69) is 77.1 Å². The lowest BCUT2D eigenvalue weighted by molar-refractivity contribution is -0.154. The second-order valence-corrected chi connectivity index (χ2v) is 11.1. The number of alkyl halides is 1. The third-order valence-electron chi connectivity index (χ3n) is 6.62. The Bertz CT molecular complexity index is 1120. The van der Waals surface area contributed by atoms with Crippen LogP contribution in [0.25, 0.3) is 0 Å². The molecule has 1 aliphatic carbocycles. The Hall–Kier alpha value is -3.66. The third kappa shape index (κ3) is 15.7. The molecule has 4 unspecified atom stereocenters. The molecule has 44 heavy (non-hydrogen) atoms. The van der Waals surface area contributed by atoms with Crippen LogP contribution in [0.2, 0.25) is 0 Å². The average Bonchev–Trinajstić information content (AvgIpc) is 3.66. The van der Waals surface area contributed by atoms with E-state index in [-0.39, 0.29) is 29.7 Å². The second kappa shape index (κ2) is 21.9. The zero-order valence-corrected chi connectivity index (χ0v) is 28.1. The molecule has 0 aromatic carbocycles. The normalized spacial score (nSPS) is 21.5. The number of fused-ring (bicyclic) bond motifs is 1. The maximum atomic E-state index is 11.4. The number of ether oxygens (including phenoxy) is 3. The van der Waals surface area contributed by atoms with E-state index in [0.717, 1.165) is 43.6 Å². The van der Waals surface area contributed by atoms with Crippen molar-refractivity contribution in [1.29, 1.82) is 0 Å². The largest absolute Gasteiger partial charge is 0.393 e. The highest BCUT2D eigenvalue weighted by Crippen LogP contribution is 2.40. The number of hydrogen-bond acceptors (Lipinski definition) is 9. The van der Waals surface area contributed by atoms with Gasteiger partial charge in [-0.3, -0.25) is 9.59 Å². The summed E-state index contributed by atoms with van der Waals surface area (Å²) >= 11 is 3.56. The van der Waals surface area contributed by atoms with Crippen LogP contribution in [0.4, 0.5) is 0 Å². The highest BCUT2D eigenvalue weighted by Gasteiger charge is 2.48. The number of rotatable bonds is 7. The molecular formula is C34H45BrO9. The van der Waals surface area contributed by atoms with Crippen LogP contribution in [-0.2, 0) is 43.0 Å². The fourth-order valence-electron chi connectivity index (χ4n) is 4.07. The predicted molar refractivity (Wildman–Crippen MR) is 172 cm³/mol. The van der Waals surface area contributed by atoms with E-state index in [4.69, 9.17) is 0 Å². The van der Waals surface area contributed by atoms with Crippen molar-refractivity contribution in [3.05, 3.63) is 72.4 Å². The molecule has 0 aromatic heterocycles. The fourth-order valence-corrected chi connectivity index (χ4v) is 4.85. The number of carbonyl (C=O) groups is 6. The molecule has 1 fully saturated rings. The SMILES string of the molecule is C=C(C=CC)CC.C=C(CC)C(Br)CCC.CCC1=CC(C)C2C(=O)OC(=O)C2C1.O=C1C=CC(=O)O1.O=C1C=CC(=O)O1. The highest BCUT2D eigenvalue weighted by atomic mass is 79.9. The number of esters is 6. The molecule has 4 aliphatic rings. The number of hydrogen-bond donors (Lipinski definition) is 0. The van der Waals surface area contributed by atoms with Crippen LogP contribution in [0.1, 0.15) is 80.1 Å². The number of halogens is 1. The van der Waals surface area contributed by atoms with Crippen LogP contribution in [0.3, 0.4) is 0 Å². The molecule has 4 rings (SSSR count). The van der Waals surface area contributed by atoms with Gasteiger partial charge in [-0.05, 0) is 44.9 Å². The van der Waals surface area contributed by atoms with Crippen molar-refractivity contribution in [2.75, 3.05) is 0 Å². The van der Waals surface area contributed by atoms with E-state index < -0.39 is 23.9 Å². The first-order chi connectivity index (χ1) is 20.7. The van der Waals surface area contributed by atoms with Crippen molar-refractivity contribution in [3.8, 4) is 0 Å². The lowest BCUT2D eigenvalue weighted by Gasteiger charge is -2.25. The molecule has 0 amide bonds. The number of allylic oxidation sites excluding steroid dienone is 6. The van der Waals surface area contributed by atoms with E-state index in [9.17, 15) is 28.8 Å². The van der Waals surface area contributed by atoms with Gasteiger partial charge in [0, 0.05) is 29.1 Å².